The molecule has 0 aromatic carbocycles. The van der Waals surface area contributed by atoms with E-state index in [9.17, 15) is 14.9 Å². The van der Waals surface area contributed by atoms with Gasteiger partial charge in [0, 0.05) is 0 Å². The van der Waals surface area contributed by atoms with Crippen LogP contribution in [-0.4, -0.2) is 27.7 Å². The minimum Gasteiger partial charge on any atom is -0.481 e. The summed E-state index contributed by atoms with van der Waals surface area (Å²) in [4.78, 5) is 19.9. The fourth-order valence-corrected chi connectivity index (χ4v) is 0.766. The molecule has 0 aliphatic heterocycles. The first kappa shape index (κ1) is 13.3. The molecular weight excluding hydrogens is 202 g/mol. The van der Waals surface area contributed by atoms with Gasteiger partial charge in [-0.1, -0.05) is 12.2 Å². The van der Waals surface area contributed by atoms with Gasteiger partial charge in [-0.25, -0.2) is 0 Å². The van der Waals surface area contributed by atoms with Crippen LogP contribution in [-0.2, 0) is 4.79 Å². The summed E-state index contributed by atoms with van der Waals surface area (Å²) in [5.41, 5.74) is -0.289. The molecule has 0 radical (unpaired) electrons. The van der Waals surface area contributed by atoms with Crippen molar-refractivity contribution in [3.63, 3.8) is 0 Å². The summed E-state index contributed by atoms with van der Waals surface area (Å²) in [5, 5.41) is 27.3. The smallest absolute Gasteiger partial charge is 0.310 e. The van der Waals surface area contributed by atoms with Gasteiger partial charge >= 0.3 is 5.97 Å². The fraction of sp³-hybridized carbons (Fsp3) is 0.444. The first-order valence-electron chi connectivity index (χ1n) is 4.32. The van der Waals surface area contributed by atoms with Crippen molar-refractivity contribution in [3.05, 3.63) is 34.0 Å². The number of nitro groups is 1. The number of hydrogen-bond donors (Lipinski definition) is 2. The van der Waals surface area contributed by atoms with E-state index in [1.165, 1.54) is 25.2 Å². The highest BCUT2D eigenvalue weighted by atomic mass is 16.6. The van der Waals surface area contributed by atoms with Gasteiger partial charge in [-0.05, 0) is 19.4 Å². The van der Waals surface area contributed by atoms with Crippen LogP contribution in [0.1, 0.15) is 13.3 Å². The molecule has 0 rings (SSSR count). The second-order valence-corrected chi connectivity index (χ2v) is 2.90. The first-order chi connectivity index (χ1) is 6.99. The lowest BCUT2D eigenvalue weighted by atomic mass is 10.1. The van der Waals surface area contributed by atoms with E-state index in [-0.39, 0.29) is 12.1 Å². The van der Waals surface area contributed by atoms with Crippen molar-refractivity contribution in [2.45, 2.75) is 13.3 Å². The second kappa shape index (κ2) is 6.72. The summed E-state index contributed by atoms with van der Waals surface area (Å²) in [6.45, 7) is 0.873. The second-order valence-electron chi connectivity index (χ2n) is 2.90. The molecule has 0 saturated carbocycles. The van der Waals surface area contributed by atoms with Crippen molar-refractivity contribution in [1.29, 1.82) is 0 Å². The van der Waals surface area contributed by atoms with Gasteiger partial charge < -0.3 is 10.2 Å². The molecular formula is C9H13NO5. The lowest BCUT2D eigenvalue weighted by molar-refractivity contribution is -0.430. The van der Waals surface area contributed by atoms with E-state index in [0.29, 0.717) is 0 Å². The first-order valence-corrected chi connectivity index (χ1v) is 4.32. The largest absolute Gasteiger partial charge is 0.481 e. The third-order valence-electron chi connectivity index (χ3n) is 1.70. The van der Waals surface area contributed by atoms with Crippen LogP contribution in [0.4, 0.5) is 0 Å². The summed E-state index contributed by atoms with van der Waals surface area (Å²) >= 11 is 0. The lowest BCUT2D eigenvalue weighted by Gasteiger charge is -1.96. The highest BCUT2D eigenvalue weighted by Crippen LogP contribution is 2.01. The van der Waals surface area contributed by atoms with Crippen LogP contribution >= 0.6 is 0 Å². The Hall–Kier alpha value is -1.69. The van der Waals surface area contributed by atoms with Gasteiger partial charge in [0.2, 0.25) is 0 Å². The van der Waals surface area contributed by atoms with Crippen LogP contribution in [0.2, 0.25) is 0 Å². The Labute approximate surface area is 86.7 Å². The summed E-state index contributed by atoms with van der Waals surface area (Å²) in [6, 6.07) is 0. The predicted octanol–water partition coefficient (Wildman–Crippen LogP) is 0.806. The van der Waals surface area contributed by atoms with Crippen molar-refractivity contribution in [1.82, 2.24) is 0 Å². The summed E-state index contributed by atoms with van der Waals surface area (Å²) < 4.78 is 0. The van der Waals surface area contributed by atoms with E-state index in [1.807, 2.05) is 0 Å². The highest BCUT2D eigenvalue weighted by molar-refractivity contribution is 5.71. The number of carbonyl (C=O) groups is 1. The van der Waals surface area contributed by atoms with Gasteiger partial charge in [-0.15, -0.1) is 0 Å². The standard InChI is InChI=1S/C9H13NO5/c1-7(9(12)13)4-2-3-5-8(6-11)10(14)15/h2,4-5,7,11H,3,6H2,1H3,(H,12,13)/b4-2-,8-5?. The van der Waals surface area contributed by atoms with Crippen molar-refractivity contribution in [3.8, 4) is 0 Å². The number of aliphatic hydroxyl groups is 1. The number of carboxylic acids is 1. The van der Waals surface area contributed by atoms with Gasteiger partial charge in [-0.3, -0.25) is 14.9 Å². The van der Waals surface area contributed by atoms with Gasteiger partial charge in [-0.2, -0.15) is 0 Å². The maximum atomic E-state index is 10.4. The highest BCUT2D eigenvalue weighted by Gasteiger charge is 2.07. The number of rotatable bonds is 6. The predicted molar refractivity (Wildman–Crippen MR) is 52.7 cm³/mol. The van der Waals surface area contributed by atoms with E-state index in [2.05, 4.69) is 0 Å². The number of allylic oxidation sites excluding steroid dienone is 2. The monoisotopic (exact) mass is 215 g/mol. The van der Waals surface area contributed by atoms with Crippen LogP contribution in [0, 0.1) is 16.0 Å². The van der Waals surface area contributed by atoms with E-state index in [4.69, 9.17) is 10.2 Å². The van der Waals surface area contributed by atoms with Crippen LogP contribution in [0.15, 0.2) is 23.9 Å². The number of aliphatic hydroxyl groups excluding tert-OH is 1. The molecule has 0 aliphatic carbocycles. The van der Waals surface area contributed by atoms with Crippen LogP contribution in [0.25, 0.3) is 0 Å². The Kier molecular flexibility index (Phi) is 5.96. The zero-order valence-corrected chi connectivity index (χ0v) is 8.29. The number of aliphatic carboxylic acids is 1. The maximum absolute atomic E-state index is 10.4. The van der Waals surface area contributed by atoms with Gasteiger partial charge in [0.1, 0.15) is 6.61 Å². The average Bonchev–Trinajstić information content (AvgIpc) is 2.16. The minimum absolute atomic E-state index is 0.231. The summed E-state index contributed by atoms with van der Waals surface area (Å²) in [5.74, 6) is -1.57. The third kappa shape index (κ3) is 5.58. The molecule has 84 valence electrons. The average molecular weight is 215 g/mol. The van der Waals surface area contributed by atoms with Gasteiger partial charge in [0.05, 0.1) is 10.8 Å². The number of hydrogen-bond acceptors (Lipinski definition) is 4. The molecule has 0 heterocycles. The molecule has 6 heteroatoms. The molecule has 6 nitrogen and oxygen atoms in total. The third-order valence-corrected chi connectivity index (χ3v) is 1.70. The SMILES string of the molecule is CC(/C=C\CC=C(CO)[N+](=O)[O-])C(=O)O. The van der Waals surface area contributed by atoms with Crippen LogP contribution in [0.3, 0.4) is 0 Å². The number of nitrogens with zero attached hydrogens (tertiary/aromatic N) is 1. The van der Waals surface area contributed by atoms with Gasteiger partial charge in [0.15, 0.2) is 0 Å². The molecule has 0 saturated heterocycles. The molecule has 0 spiro atoms. The quantitative estimate of drug-likeness (QED) is 0.388. The van der Waals surface area contributed by atoms with Crippen LogP contribution < -0.4 is 0 Å². The fourth-order valence-electron chi connectivity index (χ4n) is 0.766. The Morgan fingerprint density at radius 2 is 2.20 bits per heavy atom. The van der Waals surface area contributed by atoms with Crippen molar-refractivity contribution in [2.75, 3.05) is 6.61 Å². The van der Waals surface area contributed by atoms with Gasteiger partial charge in [0.25, 0.3) is 5.70 Å². The zero-order chi connectivity index (χ0) is 11.8. The molecule has 0 bridgehead atoms. The van der Waals surface area contributed by atoms with E-state index >= 15 is 0 Å². The van der Waals surface area contributed by atoms with E-state index in [1.54, 1.807) is 0 Å². The molecule has 0 aromatic heterocycles. The lowest BCUT2D eigenvalue weighted by Crippen LogP contribution is -2.05. The molecule has 0 aromatic rings. The van der Waals surface area contributed by atoms with Crippen molar-refractivity contribution in [2.24, 2.45) is 5.92 Å². The molecule has 15 heavy (non-hydrogen) atoms. The topological polar surface area (TPSA) is 101 Å². The molecule has 1 unspecified atom stereocenters. The molecule has 1 atom stereocenters. The van der Waals surface area contributed by atoms with Crippen molar-refractivity contribution >= 4 is 5.97 Å². The Bertz CT molecular complexity index is 295. The molecule has 0 aliphatic rings. The normalized spacial score (nSPS) is 14.1. The van der Waals surface area contributed by atoms with E-state index < -0.39 is 23.4 Å². The Balaban J connectivity index is 4.16. The zero-order valence-electron chi connectivity index (χ0n) is 8.29. The number of carboxylic acid groups (broad SMARTS) is 1. The minimum atomic E-state index is -0.952. The Morgan fingerprint density at radius 3 is 2.60 bits per heavy atom. The summed E-state index contributed by atoms with van der Waals surface area (Å²) in [6.07, 6.45) is 4.42. The molecule has 2 N–H and O–H groups in total. The Morgan fingerprint density at radius 1 is 1.60 bits per heavy atom. The maximum Gasteiger partial charge on any atom is 0.310 e. The molecule has 0 amide bonds. The summed E-state index contributed by atoms with van der Waals surface area (Å²) in [7, 11) is 0. The molecule has 0 fully saturated rings. The van der Waals surface area contributed by atoms with Crippen LogP contribution in [0.5, 0.6) is 0 Å². The van der Waals surface area contributed by atoms with Crippen molar-refractivity contribution < 1.29 is 19.9 Å². The van der Waals surface area contributed by atoms with E-state index in [0.717, 1.165) is 0 Å².